The van der Waals surface area contributed by atoms with E-state index in [-0.39, 0.29) is 11.4 Å². The van der Waals surface area contributed by atoms with E-state index in [1.165, 1.54) is 0 Å². The highest BCUT2D eigenvalue weighted by atomic mass is 16.4. The Bertz CT molecular complexity index is 993. The van der Waals surface area contributed by atoms with Crippen molar-refractivity contribution in [1.29, 1.82) is 0 Å². The van der Waals surface area contributed by atoms with Crippen molar-refractivity contribution in [1.82, 2.24) is 9.88 Å². The molecule has 0 aliphatic carbocycles. The van der Waals surface area contributed by atoms with Crippen LogP contribution in [0.15, 0.2) is 51.8 Å². The van der Waals surface area contributed by atoms with Crippen molar-refractivity contribution in [3.05, 3.63) is 64.1 Å². The largest absolute Gasteiger partial charge is 0.508 e. The molecule has 6 heteroatoms. The van der Waals surface area contributed by atoms with Gasteiger partial charge >= 0.3 is 5.63 Å². The zero-order valence-corrected chi connectivity index (χ0v) is 15.4. The van der Waals surface area contributed by atoms with Gasteiger partial charge in [-0.25, -0.2) is 9.78 Å². The molecule has 1 aliphatic heterocycles. The van der Waals surface area contributed by atoms with Crippen molar-refractivity contribution in [2.75, 3.05) is 31.1 Å². The van der Waals surface area contributed by atoms with Crippen LogP contribution in [0.3, 0.4) is 0 Å². The summed E-state index contributed by atoms with van der Waals surface area (Å²) in [5.74, 6) is 1.18. The molecule has 1 aliphatic rings. The van der Waals surface area contributed by atoms with Gasteiger partial charge in [-0.1, -0.05) is 13.0 Å². The van der Waals surface area contributed by atoms with Gasteiger partial charge < -0.3 is 14.4 Å². The average molecular weight is 365 g/mol. The molecular formula is C21H23N3O3. The van der Waals surface area contributed by atoms with Gasteiger partial charge in [-0.05, 0) is 35.7 Å². The molecule has 0 atom stereocenters. The van der Waals surface area contributed by atoms with Crippen molar-refractivity contribution in [2.45, 2.75) is 19.9 Å². The lowest BCUT2D eigenvalue weighted by Gasteiger charge is -2.35. The second-order valence-electron chi connectivity index (χ2n) is 6.87. The molecule has 0 spiro atoms. The normalized spacial score (nSPS) is 15.4. The van der Waals surface area contributed by atoms with Gasteiger partial charge in [0.1, 0.15) is 17.2 Å². The van der Waals surface area contributed by atoms with Crippen LogP contribution in [-0.2, 0) is 13.0 Å². The maximum absolute atomic E-state index is 12.0. The van der Waals surface area contributed by atoms with Crippen molar-refractivity contribution in [2.24, 2.45) is 0 Å². The van der Waals surface area contributed by atoms with Crippen molar-refractivity contribution >= 4 is 16.8 Å². The van der Waals surface area contributed by atoms with E-state index in [1.807, 2.05) is 37.4 Å². The summed E-state index contributed by atoms with van der Waals surface area (Å²) in [6.45, 7) is 6.28. The third-order valence-electron chi connectivity index (χ3n) is 5.15. The van der Waals surface area contributed by atoms with Crippen molar-refractivity contribution in [3.63, 3.8) is 0 Å². The van der Waals surface area contributed by atoms with Crippen LogP contribution in [0.25, 0.3) is 11.0 Å². The van der Waals surface area contributed by atoms with Crippen LogP contribution in [-0.4, -0.2) is 41.2 Å². The molecule has 0 saturated carbocycles. The monoisotopic (exact) mass is 365 g/mol. The second-order valence-corrected chi connectivity index (χ2v) is 6.87. The highest BCUT2D eigenvalue weighted by Gasteiger charge is 2.19. The van der Waals surface area contributed by atoms with E-state index >= 15 is 0 Å². The number of aryl methyl sites for hydroxylation is 1. The van der Waals surface area contributed by atoms with Crippen molar-refractivity contribution in [3.8, 4) is 5.75 Å². The smallest absolute Gasteiger partial charge is 0.336 e. The number of hydrogen-bond acceptors (Lipinski definition) is 6. The first-order chi connectivity index (χ1) is 13.1. The van der Waals surface area contributed by atoms with Gasteiger partial charge in [0.05, 0.1) is 0 Å². The number of aromatic nitrogens is 1. The van der Waals surface area contributed by atoms with Crippen molar-refractivity contribution < 1.29 is 9.52 Å². The highest BCUT2D eigenvalue weighted by molar-refractivity contribution is 5.82. The van der Waals surface area contributed by atoms with E-state index in [4.69, 9.17) is 4.42 Å². The van der Waals surface area contributed by atoms with Gasteiger partial charge in [0.15, 0.2) is 0 Å². The average Bonchev–Trinajstić information content (AvgIpc) is 2.68. The number of hydrogen-bond donors (Lipinski definition) is 1. The minimum atomic E-state index is -0.381. The Morgan fingerprint density at radius 2 is 1.93 bits per heavy atom. The van der Waals surface area contributed by atoms with Gasteiger partial charge in [-0.15, -0.1) is 0 Å². The van der Waals surface area contributed by atoms with Gasteiger partial charge in [-0.2, -0.15) is 0 Å². The summed E-state index contributed by atoms with van der Waals surface area (Å²) >= 11 is 0. The molecule has 4 rings (SSSR count). The van der Waals surface area contributed by atoms with Gasteiger partial charge in [0.2, 0.25) is 0 Å². The molecule has 0 radical (unpaired) electrons. The summed E-state index contributed by atoms with van der Waals surface area (Å²) in [5.41, 5.74) is 1.87. The third kappa shape index (κ3) is 3.66. The first kappa shape index (κ1) is 17.5. The molecule has 27 heavy (non-hydrogen) atoms. The third-order valence-corrected chi connectivity index (χ3v) is 5.15. The van der Waals surface area contributed by atoms with E-state index in [9.17, 15) is 9.90 Å². The second kappa shape index (κ2) is 7.40. The standard InChI is InChI=1S/C21H23N3O3/c1-2-15-11-17-16(12-21(26)27-19(17)13-18(15)25)14-23-7-9-24(10-8-23)20-5-3-4-6-22-20/h3-6,11-13,25H,2,7-10,14H2,1H3. The van der Waals surface area contributed by atoms with Crippen LogP contribution in [0.5, 0.6) is 5.75 Å². The maximum atomic E-state index is 12.0. The quantitative estimate of drug-likeness (QED) is 0.717. The lowest BCUT2D eigenvalue weighted by molar-refractivity contribution is 0.249. The molecule has 6 nitrogen and oxygen atoms in total. The summed E-state index contributed by atoms with van der Waals surface area (Å²) in [4.78, 5) is 21.0. The molecule has 1 N–H and O–H groups in total. The fraction of sp³-hybridized carbons (Fsp3) is 0.333. The van der Waals surface area contributed by atoms with Gasteiger partial charge in [0, 0.05) is 56.4 Å². The van der Waals surface area contributed by atoms with Crippen LogP contribution in [0.2, 0.25) is 0 Å². The minimum absolute atomic E-state index is 0.175. The molecule has 1 saturated heterocycles. The summed E-state index contributed by atoms with van der Waals surface area (Å²) in [5, 5.41) is 11.0. The number of phenols is 1. The molecular weight excluding hydrogens is 342 g/mol. The van der Waals surface area contributed by atoms with Gasteiger partial charge in [0.25, 0.3) is 0 Å². The number of nitrogens with zero attached hydrogens (tertiary/aromatic N) is 3. The Labute approximate surface area is 157 Å². The molecule has 3 heterocycles. The molecule has 140 valence electrons. The van der Waals surface area contributed by atoms with Crippen LogP contribution < -0.4 is 10.5 Å². The Kier molecular flexibility index (Phi) is 4.81. The number of anilines is 1. The lowest BCUT2D eigenvalue weighted by Crippen LogP contribution is -2.46. The number of pyridine rings is 1. The van der Waals surface area contributed by atoms with Crippen LogP contribution >= 0.6 is 0 Å². The van der Waals surface area contributed by atoms with E-state index in [0.29, 0.717) is 12.1 Å². The summed E-state index contributed by atoms with van der Waals surface area (Å²) in [7, 11) is 0. The zero-order valence-electron chi connectivity index (χ0n) is 15.4. The molecule has 3 aromatic rings. The fourth-order valence-corrected chi connectivity index (χ4v) is 3.64. The summed E-state index contributed by atoms with van der Waals surface area (Å²) in [6.07, 6.45) is 2.54. The van der Waals surface area contributed by atoms with Crippen LogP contribution in [0.1, 0.15) is 18.1 Å². The Morgan fingerprint density at radius 3 is 2.63 bits per heavy atom. The zero-order chi connectivity index (χ0) is 18.8. The van der Waals surface area contributed by atoms with E-state index in [2.05, 4.69) is 14.8 Å². The van der Waals surface area contributed by atoms with Gasteiger partial charge in [-0.3, -0.25) is 4.90 Å². The minimum Gasteiger partial charge on any atom is -0.508 e. The predicted octanol–water partition coefficient (Wildman–Crippen LogP) is 2.78. The molecule has 0 bridgehead atoms. The van der Waals surface area contributed by atoms with E-state index in [0.717, 1.165) is 54.9 Å². The molecule has 0 amide bonds. The van der Waals surface area contributed by atoms with Crippen LogP contribution in [0, 0.1) is 0 Å². The summed E-state index contributed by atoms with van der Waals surface area (Å²) in [6, 6.07) is 11.0. The lowest BCUT2D eigenvalue weighted by atomic mass is 10.0. The SMILES string of the molecule is CCc1cc2c(CN3CCN(c4ccccn4)CC3)cc(=O)oc2cc1O. The first-order valence-electron chi connectivity index (χ1n) is 9.31. The number of phenolic OH excluding ortho intramolecular Hbond substituents is 1. The number of rotatable bonds is 4. The maximum Gasteiger partial charge on any atom is 0.336 e. The molecule has 1 aromatic carbocycles. The van der Waals surface area contributed by atoms with E-state index < -0.39 is 0 Å². The number of fused-ring (bicyclic) bond motifs is 1. The van der Waals surface area contributed by atoms with E-state index in [1.54, 1.807) is 12.1 Å². The fourth-order valence-electron chi connectivity index (χ4n) is 3.64. The predicted molar refractivity (Wildman–Crippen MR) is 105 cm³/mol. The Balaban J connectivity index is 1.55. The highest BCUT2D eigenvalue weighted by Crippen LogP contribution is 2.27. The number of benzene rings is 1. The van der Waals surface area contributed by atoms with Crippen LogP contribution in [0.4, 0.5) is 5.82 Å². The topological polar surface area (TPSA) is 69.8 Å². The number of piperazine rings is 1. The molecule has 1 fully saturated rings. The Morgan fingerprint density at radius 1 is 1.11 bits per heavy atom. The molecule has 0 unspecified atom stereocenters. The Hall–Kier alpha value is -2.86. The first-order valence-corrected chi connectivity index (χ1v) is 9.31. The molecule has 2 aromatic heterocycles. The summed E-state index contributed by atoms with van der Waals surface area (Å²) < 4.78 is 5.30. The number of aromatic hydroxyl groups is 1.